The molecule has 0 aliphatic carbocycles. The zero-order chi connectivity index (χ0) is 13.8. The first kappa shape index (κ1) is 16.2. The predicted octanol–water partition coefficient (Wildman–Crippen LogP) is 1.46. The Labute approximate surface area is 116 Å². The van der Waals surface area contributed by atoms with Crippen LogP contribution in [0.25, 0.3) is 0 Å². The molecule has 1 saturated heterocycles. The summed E-state index contributed by atoms with van der Waals surface area (Å²) >= 11 is 5.69. The smallest absolute Gasteiger partial charge is 0.214 e. The molecule has 0 bridgehead atoms. The van der Waals surface area contributed by atoms with Crippen LogP contribution in [0.5, 0.6) is 0 Å². The van der Waals surface area contributed by atoms with E-state index in [0.29, 0.717) is 24.9 Å². The molecule has 0 N–H and O–H groups in total. The number of nitrogens with zero attached hydrogens (tertiary/aromatic N) is 2. The van der Waals surface area contributed by atoms with Gasteiger partial charge in [-0.05, 0) is 38.8 Å². The molecule has 0 radical (unpaired) electrons. The molecule has 0 aromatic heterocycles. The van der Waals surface area contributed by atoms with Crippen molar-refractivity contribution in [2.45, 2.75) is 19.8 Å². The molecule has 18 heavy (non-hydrogen) atoms. The quantitative estimate of drug-likeness (QED) is 0.697. The molecule has 0 saturated carbocycles. The number of rotatable bonds is 6. The van der Waals surface area contributed by atoms with Crippen LogP contribution in [0.1, 0.15) is 19.8 Å². The van der Waals surface area contributed by atoms with Crippen LogP contribution in [-0.4, -0.2) is 63.0 Å². The molecule has 4 nitrogen and oxygen atoms in total. The summed E-state index contributed by atoms with van der Waals surface area (Å²) in [5, 5.41) is 0. The molecule has 1 fully saturated rings. The Hall–Kier alpha value is 0.160. The van der Waals surface area contributed by atoms with Gasteiger partial charge in [-0.25, -0.2) is 12.7 Å². The Morgan fingerprint density at radius 3 is 2.33 bits per heavy atom. The van der Waals surface area contributed by atoms with Crippen molar-refractivity contribution in [3.8, 4) is 0 Å². The fourth-order valence-corrected chi connectivity index (χ4v) is 4.45. The fraction of sp³-hybridized carbons (Fsp3) is 1.00. The average molecular weight is 297 g/mol. The minimum Gasteiger partial charge on any atom is -0.309 e. The molecule has 1 unspecified atom stereocenters. The third-order valence-electron chi connectivity index (χ3n) is 3.35. The Balaban J connectivity index is 2.47. The molecule has 1 heterocycles. The summed E-state index contributed by atoms with van der Waals surface area (Å²) in [4.78, 5) is 2.17. The lowest BCUT2D eigenvalue weighted by Crippen LogP contribution is -2.42. The first-order chi connectivity index (χ1) is 8.35. The van der Waals surface area contributed by atoms with Crippen LogP contribution in [-0.2, 0) is 10.0 Å². The standard InChI is InChI=1S/C12H25ClN2O2S/c1-11(8-13)10-18(16,17)15-6-4-12(5-7-15)9-14(2)3/h11-12H,4-10H2,1-3H3. The fourth-order valence-electron chi connectivity index (χ4n) is 2.40. The van der Waals surface area contributed by atoms with E-state index in [9.17, 15) is 8.42 Å². The van der Waals surface area contributed by atoms with E-state index in [1.54, 1.807) is 4.31 Å². The Morgan fingerprint density at radius 1 is 1.33 bits per heavy atom. The van der Waals surface area contributed by atoms with E-state index < -0.39 is 10.0 Å². The van der Waals surface area contributed by atoms with Gasteiger partial charge in [-0.2, -0.15) is 0 Å². The average Bonchev–Trinajstić information content (AvgIpc) is 2.28. The normalized spacial score (nSPS) is 21.4. The van der Waals surface area contributed by atoms with Gasteiger partial charge in [-0.1, -0.05) is 6.92 Å². The van der Waals surface area contributed by atoms with Gasteiger partial charge in [0.2, 0.25) is 10.0 Å². The van der Waals surface area contributed by atoms with E-state index in [4.69, 9.17) is 11.6 Å². The maximum atomic E-state index is 12.1. The van der Waals surface area contributed by atoms with E-state index in [1.165, 1.54) is 0 Å². The van der Waals surface area contributed by atoms with Crippen molar-refractivity contribution in [1.29, 1.82) is 0 Å². The summed E-state index contributed by atoms with van der Waals surface area (Å²) < 4.78 is 25.9. The van der Waals surface area contributed by atoms with Gasteiger partial charge >= 0.3 is 0 Å². The van der Waals surface area contributed by atoms with Crippen molar-refractivity contribution in [1.82, 2.24) is 9.21 Å². The second kappa shape index (κ2) is 7.08. The number of hydrogen-bond donors (Lipinski definition) is 0. The second-order valence-corrected chi connectivity index (χ2v) is 7.96. The number of halogens is 1. The number of hydrogen-bond acceptors (Lipinski definition) is 3. The minimum atomic E-state index is -3.11. The minimum absolute atomic E-state index is 0.0242. The van der Waals surface area contributed by atoms with Gasteiger partial charge in [0.15, 0.2) is 0 Å². The summed E-state index contributed by atoms with van der Waals surface area (Å²) in [6.45, 7) is 4.25. The number of piperidine rings is 1. The molecule has 1 rings (SSSR count). The predicted molar refractivity (Wildman–Crippen MR) is 76.5 cm³/mol. The van der Waals surface area contributed by atoms with Crippen molar-refractivity contribution in [2.24, 2.45) is 11.8 Å². The Kier molecular flexibility index (Phi) is 6.38. The van der Waals surface area contributed by atoms with Gasteiger partial charge in [0, 0.05) is 25.5 Å². The third-order valence-corrected chi connectivity index (χ3v) is 6.02. The van der Waals surface area contributed by atoms with Crippen LogP contribution in [0.15, 0.2) is 0 Å². The van der Waals surface area contributed by atoms with Crippen molar-refractivity contribution in [3.05, 3.63) is 0 Å². The first-order valence-electron chi connectivity index (χ1n) is 6.53. The van der Waals surface area contributed by atoms with E-state index >= 15 is 0 Å². The first-order valence-corrected chi connectivity index (χ1v) is 8.68. The van der Waals surface area contributed by atoms with Crippen LogP contribution in [0.3, 0.4) is 0 Å². The molecule has 108 valence electrons. The zero-order valence-electron chi connectivity index (χ0n) is 11.6. The maximum absolute atomic E-state index is 12.1. The van der Waals surface area contributed by atoms with E-state index in [2.05, 4.69) is 19.0 Å². The zero-order valence-corrected chi connectivity index (χ0v) is 13.2. The summed E-state index contributed by atoms with van der Waals surface area (Å²) in [6, 6.07) is 0. The number of sulfonamides is 1. The van der Waals surface area contributed by atoms with Gasteiger partial charge in [0.05, 0.1) is 5.75 Å². The second-order valence-electron chi connectivity index (χ2n) is 5.64. The van der Waals surface area contributed by atoms with Gasteiger partial charge in [0.25, 0.3) is 0 Å². The largest absolute Gasteiger partial charge is 0.309 e. The Morgan fingerprint density at radius 2 is 1.89 bits per heavy atom. The topological polar surface area (TPSA) is 40.6 Å². The summed E-state index contributed by atoms with van der Waals surface area (Å²) in [5.41, 5.74) is 0. The monoisotopic (exact) mass is 296 g/mol. The van der Waals surface area contributed by atoms with Crippen molar-refractivity contribution < 1.29 is 8.42 Å². The van der Waals surface area contributed by atoms with E-state index in [-0.39, 0.29) is 11.7 Å². The molecule has 1 atom stereocenters. The Bertz CT molecular complexity index is 338. The summed E-state index contributed by atoms with van der Waals surface area (Å²) in [5.74, 6) is 1.22. The van der Waals surface area contributed by atoms with E-state index in [1.807, 2.05) is 6.92 Å². The molecule has 0 spiro atoms. The molecular weight excluding hydrogens is 272 g/mol. The molecule has 6 heteroatoms. The maximum Gasteiger partial charge on any atom is 0.214 e. The van der Waals surface area contributed by atoms with Crippen LogP contribution < -0.4 is 0 Å². The molecule has 1 aliphatic heterocycles. The van der Waals surface area contributed by atoms with Crippen LogP contribution in [0.2, 0.25) is 0 Å². The molecular formula is C12H25ClN2O2S. The third kappa shape index (κ3) is 5.03. The van der Waals surface area contributed by atoms with Gasteiger partial charge < -0.3 is 4.90 Å². The van der Waals surface area contributed by atoms with Gasteiger partial charge in [-0.3, -0.25) is 0 Å². The summed E-state index contributed by atoms with van der Waals surface area (Å²) in [7, 11) is 1.01. The van der Waals surface area contributed by atoms with Crippen molar-refractivity contribution in [2.75, 3.05) is 45.4 Å². The highest BCUT2D eigenvalue weighted by molar-refractivity contribution is 7.89. The molecule has 1 aliphatic rings. The van der Waals surface area contributed by atoms with Crippen LogP contribution >= 0.6 is 11.6 Å². The SMILES string of the molecule is CC(CCl)CS(=O)(=O)N1CCC(CN(C)C)CC1. The lowest BCUT2D eigenvalue weighted by Gasteiger charge is -2.32. The van der Waals surface area contributed by atoms with Gasteiger partial charge in [0.1, 0.15) is 0 Å². The molecule has 0 amide bonds. The van der Waals surface area contributed by atoms with E-state index in [0.717, 1.165) is 19.4 Å². The number of alkyl halides is 1. The summed E-state index contributed by atoms with van der Waals surface area (Å²) in [6.07, 6.45) is 1.93. The highest BCUT2D eigenvalue weighted by Gasteiger charge is 2.29. The highest BCUT2D eigenvalue weighted by Crippen LogP contribution is 2.21. The van der Waals surface area contributed by atoms with Gasteiger partial charge in [-0.15, -0.1) is 11.6 Å². The molecule has 0 aromatic rings. The highest BCUT2D eigenvalue weighted by atomic mass is 35.5. The lowest BCUT2D eigenvalue weighted by atomic mass is 9.98. The van der Waals surface area contributed by atoms with Crippen LogP contribution in [0.4, 0.5) is 0 Å². The van der Waals surface area contributed by atoms with Crippen molar-refractivity contribution >= 4 is 21.6 Å². The van der Waals surface area contributed by atoms with Crippen molar-refractivity contribution in [3.63, 3.8) is 0 Å². The molecule has 0 aromatic carbocycles. The van der Waals surface area contributed by atoms with Crippen LogP contribution in [0, 0.1) is 11.8 Å². The lowest BCUT2D eigenvalue weighted by molar-refractivity contribution is 0.224.